The van der Waals surface area contributed by atoms with E-state index in [9.17, 15) is 0 Å². The maximum Gasteiger partial charge on any atom is 0.170 e. The number of thioether (sulfide) groups is 1. The fourth-order valence-electron chi connectivity index (χ4n) is 1.76. The molecule has 1 aliphatic rings. The van der Waals surface area contributed by atoms with Crippen molar-refractivity contribution in [2.45, 2.75) is 30.3 Å². The van der Waals surface area contributed by atoms with Crippen molar-refractivity contribution in [2.75, 3.05) is 6.26 Å². The zero-order valence-corrected chi connectivity index (χ0v) is 11.0. The first-order chi connectivity index (χ1) is 8.86. The normalized spacial score (nSPS) is 14.9. The Kier molecular flexibility index (Phi) is 3.29. The van der Waals surface area contributed by atoms with E-state index in [2.05, 4.69) is 39.2 Å². The minimum atomic E-state index is 0.661. The molecule has 1 fully saturated rings. The van der Waals surface area contributed by atoms with Crippen LogP contribution in [0.5, 0.6) is 0 Å². The molecule has 6 heteroatoms. The topological polar surface area (TPSA) is 55.6 Å². The van der Waals surface area contributed by atoms with E-state index in [1.165, 1.54) is 17.7 Å². The minimum Gasteiger partial charge on any atom is -0.307 e. The number of rotatable bonds is 5. The molecule has 1 aromatic heterocycles. The van der Waals surface area contributed by atoms with E-state index in [0.717, 1.165) is 18.1 Å². The van der Waals surface area contributed by atoms with Crippen LogP contribution in [0.25, 0.3) is 5.69 Å². The molecule has 0 aliphatic heterocycles. The number of aromatic nitrogens is 4. The molecule has 0 bridgehead atoms. The van der Waals surface area contributed by atoms with Crippen LogP contribution in [0.3, 0.4) is 0 Å². The minimum absolute atomic E-state index is 0.661. The maximum atomic E-state index is 4.07. The van der Waals surface area contributed by atoms with Crippen molar-refractivity contribution in [1.82, 2.24) is 25.5 Å². The van der Waals surface area contributed by atoms with E-state index in [4.69, 9.17) is 0 Å². The highest BCUT2D eigenvalue weighted by Gasteiger charge is 2.21. The van der Waals surface area contributed by atoms with Gasteiger partial charge in [0.2, 0.25) is 0 Å². The van der Waals surface area contributed by atoms with E-state index < -0.39 is 0 Å². The molecule has 1 saturated carbocycles. The van der Waals surface area contributed by atoms with Crippen LogP contribution < -0.4 is 5.32 Å². The molecule has 5 nitrogen and oxygen atoms in total. The predicted octanol–water partition coefficient (Wildman–Crippen LogP) is 1.64. The van der Waals surface area contributed by atoms with Gasteiger partial charge in [0.1, 0.15) is 0 Å². The zero-order chi connectivity index (χ0) is 12.4. The quantitative estimate of drug-likeness (QED) is 0.829. The van der Waals surface area contributed by atoms with Crippen molar-refractivity contribution in [1.29, 1.82) is 0 Å². The molecule has 2 aromatic rings. The van der Waals surface area contributed by atoms with Gasteiger partial charge in [0.25, 0.3) is 0 Å². The summed E-state index contributed by atoms with van der Waals surface area (Å²) in [6.07, 6.45) is 4.60. The lowest BCUT2D eigenvalue weighted by atomic mass is 10.3. The Labute approximate surface area is 110 Å². The highest BCUT2D eigenvalue weighted by molar-refractivity contribution is 7.98. The fraction of sp³-hybridized carbons (Fsp3) is 0.417. The van der Waals surface area contributed by atoms with Crippen LogP contribution in [0.4, 0.5) is 0 Å². The molecular weight excluding hydrogens is 246 g/mol. The van der Waals surface area contributed by atoms with Gasteiger partial charge in [-0.05, 0) is 53.8 Å². The summed E-state index contributed by atoms with van der Waals surface area (Å²) in [6.45, 7) is 0.724. The van der Waals surface area contributed by atoms with E-state index in [1.807, 2.05) is 12.1 Å². The van der Waals surface area contributed by atoms with Gasteiger partial charge in [-0.1, -0.05) is 0 Å². The Balaban J connectivity index is 1.78. The fourth-order valence-corrected chi connectivity index (χ4v) is 2.17. The smallest absolute Gasteiger partial charge is 0.170 e. The number of nitrogens with zero attached hydrogens (tertiary/aromatic N) is 4. The number of hydrogen-bond donors (Lipinski definition) is 1. The molecule has 0 spiro atoms. The molecule has 3 rings (SSSR count). The zero-order valence-electron chi connectivity index (χ0n) is 10.2. The molecule has 18 heavy (non-hydrogen) atoms. The summed E-state index contributed by atoms with van der Waals surface area (Å²) in [5, 5.41) is 15.3. The van der Waals surface area contributed by atoms with Crippen molar-refractivity contribution >= 4 is 11.8 Å². The third-order valence-electron chi connectivity index (χ3n) is 2.98. The van der Waals surface area contributed by atoms with Gasteiger partial charge in [0.05, 0.1) is 12.2 Å². The van der Waals surface area contributed by atoms with Crippen LogP contribution >= 0.6 is 11.8 Å². The molecular formula is C12H15N5S. The predicted molar refractivity (Wildman–Crippen MR) is 70.8 cm³/mol. The Bertz CT molecular complexity index is 518. The molecule has 0 amide bonds. The summed E-state index contributed by atoms with van der Waals surface area (Å²) in [7, 11) is 0. The summed E-state index contributed by atoms with van der Waals surface area (Å²) >= 11 is 1.73. The van der Waals surface area contributed by atoms with Crippen molar-refractivity contribution in [3.8, 4) is 5.69 Å². The molecule has 0 atom stereocenters. The van der Waals surface area contributed by atoms with Crippen molar-refractivity contribution in [3.63, 3.8) is 0 Å². The van der Waals surface area contributed by atoms with Crippen LogP contribution in [-0.2, 0) is 6.54 Å². The first-order valence-corrected chi connectivity index (χ1v) is 7.24. The van der Waals surface area contributed by atoms with Gasteiger partial charge in [-0.15, -0.1) is 16.9 Å². The molecule has 1 aromatic carbocycles. The van der Waals surface area contributed by atoms with Gasteiger partial charge in [0, 0.05) is 10.9 Å². The second-order valence-electron chi connectivity index (χ2n) is 4.36. The van der Waals surface area contributed by atoms with E-state index in [0.29, 0.717) is 6.04 Å². The van der Waals surface area contributed by atoms with Crippen LogP contribution in [0.15, 0.2) is 29.2 Å². The maximum absolute atomic E-state index is 4.07. The van der Waals surface area contributed by atoms with Gasteiger partial charge >= 0.3 is 0 Å². The summed E-state index contributed by atoms with van der Waals surface area (Å²) in [4.78, 5) is 1.24. The largest absolute Gasteiger partial charge is 0.307 e. The van der Waals surface area contributed by atoms with E-state index in [1.54, 1.807) is 16.4 Å². The first-order valence-electron chi connectivity index (χ1n) is 6.02. The van der Waals surface area contributed by atoms with Crippen molar-refractivity contribution < 1.29 is 0 Å². The van der Waals surface area contributed by atoms with Gasteiger partial charge < -0.3 is 5.32 Å². The number of hydrogen-bond acceptors (Lipinski definition) is 5. The standard InChI is InChI=1S/C12H15N5S/c1-18-11-6-4-10(5-7-11)17-12(14-15-16-17)8-13-9-2-3-9/h4-7,9,13H,2-3,8H2,1H3. The van der Waals surface area contributed by atoms with E-state index in [-0.39, 0.29) is 0 Å². The Hall–Kier alpha value is -1.40. The van der Waals surface area contributed by atoms with Gasteiger partial charge in [-0.2, -0.15) is 4.68 Å². The average molecular weight is 261 g/mol. The molecule has 0 radical (unpaired) electrons. The van der Waals surface area contributed by atoms with Gasteiger partial charge in [0.15, 0.2) is 5.82 Å². The molecule has 1 aliphatic carbocycles. The Morgan fingerprint density at radius 1 is 1.33 bits per heavy atom. The van der Waals surface area contributed by atoms with E-state index >= 15 is 0 Å². The third kappa shape index (κ3) is 2.54. The Morgan fingerprint density at radius 2 is 2.11 bits per heavy atom. The van der Waals surface area contributed by atoms with Gasteiger partial charge in [-0.25, -0.2) is 0 Å². The summed E-state index contributed by atoms with van der Waals surface area (Å²) in [5.74, 6) is 0.860. The molecule has 1 heterocycles. The molecule has 0 saturated heterocycles. The SMILES string of the molecule is CSc1ccc(-n2nnnc2CNC2CC2)cc1. The lowest BCUT2D eigenvalue weighted by Gasteiger charge is -2.05. The molecule has 0 unspecified atom stereocenters. The number of nitrogens with one attached hydrogen (secondary N) is 1. The summed E-state index contributed by atoms with van der Waals surface area (Å²) in [6, 6.07) is 8.92. The first kappa shape index (κ1) is 11.7. The summed E-state index contributed by atoms with van der Waals surface area (Å²) < 4.78 is 1.79. The number of tetrazole rings is 1. The lowest BCUT2D eigenvalue weighted by molar-refractivity contribution is 0.637. The van der Waals surface area contributed by atoms with Crippen LogP contribution in [-0.4, -0.2) is 32.5 Å². The summed E-state index contributed by atoms with van der Waals surface area (Å²) in [5.41, 5.74) is 1.00. The van der Waals surface area contributed by atoms with Crippen molar-refractivity contribution in [3.05, 3.63) is 30.1 Å². The Morgan fingerprint density at radius 3 is 2.78 bits per heavy atom. The van der Waals surface area contributed by atoms with Gasteiger partial charge in [-0.3, -0.25) is 0 Å². The second-order valence-corrected chi connectivity index (χ2v) is 5.24. The van der Waals surface area contributed by atoms with Crippen LogP contribution in [0.1, 0.15) is 18.7 Å². The van der Waals surface area contributed by atoms with Crippen LogP contribution in [0, 0.1) is 0 Å². The highest BCUT2D eigenvalue weighted by Crippen LogP contribution is 2.20. The lowest BCUT2D eigenvalue weighted by Crippen LogP contribution is -2.18. The average Bonchev–Trinajstić information content (AvgIpc) is 3.14. The monoisotopic (exact) mass is 261 g/mol. The molecule has 94 valence electrons. The van der Waals surface area contributed by atoms with Crippen molar-refractivity contribution in [2.24, 2.45) is 0 Å². The third-order valence-corrected chi connectivity index (χ3v) is 3.72. The highest BCUT2D eigenvalue weighted by atomic mass is 32.2. The van der Waals surface area contributed by atoms with Crippen LogP contribution in [0.2, 0.25) is 0 Å². The number of benzene rings is 1. The second kappa shape index (κ2) is 5.07. The molecule has 1 N–H and O–H groups in total.